The fourth-order valence-corrected chi connectivity index (χ4v) is 2.62. The third kappa shape index (κ3) is 4.07. The van der Waals surface area contributed by atoms with Crippen LogP contribution in [0.2, 0.25) is 0 Å². The standard InChI is InChI=1S/C18H20FNO2/c1-13-4-3-5-14(2)18(13)20(11-10-17(21)22)12-15-6-8-16(19)9-7-15/h3-9H,10-12H2,1-2H3,(H,21,22). The third-order valence-corrected chi connectivity index (χ3v) is 3.64. The molecule has 0 heterocycles. The van der Waals surface area contributed by atoms with Crippen LogP contribution in [0.5, 0.6) is 0 Å². The molecule has 0 saturated heterocycles. The number of hydrogen-bond donors (Lipinski definition) is 1. The van der Waals surface area contributed by atoms with E-state index in [-0.39, 0.29) is 12.2 Å². The van der Waals surface area contributed by atoms with E-state index in [0.717, 1.165) is 22.4 Å². The van der Waals surface area contributed by atoms with Crippen LogP contribution in [0.4, 0.5) is 10.1 Å². The summed E-state index contributed by atoms with van der Waals surface area (Å²) >= 11 is 0. The second-order valence-corrected chi connectivity index (χ2v) is 5.43. The van der Waals surface area contributed by atoms with E-state index in [4.69, 9.17) is 5.11 Å². The molecule has 116 valence electrons. The van der Waals surface area contributed by atoms with Crippen molar-refractivity contribution >= 4 is 11.7 Å². The molecule has 0 bridgehead atoms. The number of benzene rings is 2. The van der Waals surface area contributed by atoms with Crippen molar-refractivity contribution in [2.45, 2.75) is 26.8 Å². The lowest BCUT2D eigenvalue weighted by Gasteiger charge is -2.28. The molecule has 0 aliphatic rings. The zero-order chi connectivity index (χ0) is 16.1. The Bertz CT molecular complexity index is 632. The number of carboxylic acids is 1. The van der Waals surface area contributed by atoms with Gasteiger partial charge in [0.25, 0.3) is 0 Å². The highest BCUT2D eigenvalue weighted by Crippen LogP contribution is 2.26. The molecule has 1 N–H and O–H groups in total. The molecule has 0 unspecified atom stereocenters. The van der Waals surface area contributed by atoms with Crippen molar-refractivity contribution in [3.8, 4) is 0 Å². The van der Waals surface area contributed by atoms with E-state index in [0.29, 0.717) is 13.1 Å². The van der Waals surface area contributed by atoms with E-state index in [1.54, 1.807) is 12.1 Å². The number of halogens is 1. The highest BCUT2D eigenvalue weighted by atomic mass is 19.1. The van der Waals surface area contributed by atoms with Crippen LogP contribution in [-0.2, 0) is 11.3 Å². The third-order valence-electron chi connectivity index (χ3n) is 3.64. The maximum Gasteiger partial charge on any atom is 0.305 e. The Kier molecular flexibility index (Phi) is 5.15. The van der Waals surface area contributed by atoms with Crippen molar-refractivity contribution in [1.29, 1.82) is 0 Å². The van der Waals surface area contributed by atoms with Crippen molar-refractivity contribution in [2.75, 3.05) is 11.4 Å². The van der Waals surface area contributed by atoms with Crippen LogP contribution in [0.1, 0.15) is 23.1 Å². The van der Waals surface area contributed by atoms with Gasteiger partial charge in [-0.25, -0.2) is 4.39 Å². The van der Waals surface area contributed by atoms with Crippen LogP contribution in [-0.4, -0.2) is 17.6 Å². The normalized spacial score (nSPS) is 10.5. The molecule has 0 atom stereocenters. The Morgan fingerprint density at radius 2 is 1.68 bits per heavy atom. The van der Waals surface area contributed by atoms with Gasteiger partial charge in [-0.05, 0) is 42.7 Å². The highest BCUT2D eigenvalue weighted by Gasteiger charge is 2.14. The Hall–Kier alpha value is -2.36. The first-order chi connectivity index (χ1) is 10.5. The first-order valence-corrected chi connectivity index (χ1v) is 7.25. The van der Waals surface area contributed by atoms with Crippen molar-refractivity contribution in [1.82, 2.24) is 0 Å². The zero-order valence-electron chi connectivity index (χ0n) is 12.8. The van der Waals surface area contributed by atoms with Gasteiger partial charge in [0.05, 0.1) is 6.42 Å². The molecule has 0 fully saturated rings. The van der Waals surface area contributed by atoms with Crippen LogP contribution in [0, 0.1) is 19.7 Å². The quantitative estimate of drug-likeness (QED) is 0.879. The van der Waals surface area contributed by atoms with Gasteiger partial charge in [-0.2, -0.15) is 0 Å². The van der Waals surface area contributed by atoms with Gasteiger partial charge in [0.2, 0.25) is 0 Å². The van der Waals surface area contributed by atoms with E-state index in [1.165, 1.54) is 12.1 Å². The number of carboxylic acid groups (broad SMARTS) is 1. The minimum atomic E-state index is -0.824. The molecule has 2 rings (SSSR count). The fraction of sp³-hybridized carbons (Fsp3) is 0.278. The number of aryl methyl sites for hydroxylation is 2. The highest BCUT2D eigenvalue weighted by molar-refractivity contribution is 5.68. The molecular formula is C18H20FNO2. The maximum absolute atomic E-state index is 13.0. The van der Waals surface area contributed by atoms with Crippen LogP contribution in [0.3, 0.4) is 0 Å². The van der Waals surface area contributed by atoms with E-state index < -0.39 is 5.97 Å². The van der Waals surface area contributed by atoms with Gasteiger partial charge in [0, 0.05) is 18.8 Å². The van der Waals surface area contributed by atoms with Crippen molar-refractivity contribution in [3.05, 3.63) is 65.0 Å². The lowest BCUT2D eigenvalue weighted by molar-refractivity contribution is -0.136. The van der Waals surface area contributed by atoms with Gasteiger partial charge in [-0.1, -0.05) is 30.3 Å². The van der Waals surface area contributed by atoms with E-state index >= 15 is 0 Å². The summed E-state index contributed by atoms with van der Waals surface area (Å²) in [7, 11) is 0. The molecular weight excluding hydrogens is 281 g/mol. The summed E-state index contributed by atoms with van der Waals surface area (Å²) in [5.41, 5.74) is 4.21. The Labute approximate surface area is 130 Å². The smallest absolute Gasteiger partial charge is 0.305 e. The molecule has 0 aromatic heterocycles. The van der Waals surface area contributed by atoms with Crippen LogP contribution >= 0.6 is 0 Å². The van der Waals surface area contributed by atoms with Gasteiger partial charge in [-0.3, -0.25) is 4.79 Å². The molecule has 0 radical (unpaired) electrons. The van der Waals surface area contributed by atoms with Crippen molar-refractivity contribution < 1.29 is 14.3 Å². The number of aliphatic carboxylic acids is 1. The first-order valence-electron chi connectivity index (χ1n) is 7.25. The number of nitrogens with zero attached hydrogens (tertiary/aromatic N) is 1. The van der Waals surface area contributed by atoms with Crippen LogP contribution in [0.15, 0.2) is 42.5 Å². The van der Waals surface area contributed by atoms with Gasteiger partial charge < -0.3 is 10.0 Å². The molecule has 0 saturated carbocycles. The number of para-hydroxylation sites is 1. The Balaban J connectivity index is 2.29. The van der Waals surface area contributed by atoms with Crippen LogP contribution in [0.25, 0.3) is 0 Å². The average molecular weight is 301 g/mol. The van der Waals surface area contributed by atoms with E-state index in [9.17, 15) is 9.18 Å². The summed E-state index contributed by atoms with van der Waals surface area (Å²) < 4.78 is 13.0. The summed E-state index contributed by atoms with van der Waals surface area (Å²) in [5.74, 6) is -1.09. The molecule has 0 aliphatic heterocycles. The number of rotatable bonds is 6. The van der Waals surface area contributed by atoms with Gasteiger partial charge in [0.1, 0.15) is 5.82 Å². The van der Waals surface area contributed by atoms with E-state index in [1.807, 2.05) is 36.9 Å². The fourth-order valence-electron chi connectivity index (χ4n) is 2.62. The number of hydrogen-bond acceptors (Lipinski definition) is 2. The predicted octanol–water partition coefficient (Wildman–Crippen LogP) is 3.92. The van der Waals surface area contributed by atoms with Gasteiger partial charge in [-0.15, -0.1) is 0 Å². The summed E-state index contributed by atoms with van der Waals surface area (Å²) in [6.07, 6.45) is 0.0645. The summed E-state index contributed by atoms with van der Waals surface area (Å²) in [5, 5.41) is 8.97. The lowest BCUT2D eigenvalue weighted by atomic mass is 10.1. The summed E-state index contributed by atoms with van der Waals surface area (Å²) in [6, 6.07) is 12.3. The first kappa shape index (κ1) is 16.0. The van der Waals surface area contributed by atoms with Gasteiger partial charge >= 0.3 is 5.97 Å². The summed E-state index contributed by atoms with van der Waals surface area (Å²) in [4.78, 5) is 13.0. The Morgan fingerprint density at radius 1 is 1.09 bits per heavy atom. The van der Waals surface area contributed by atoms with Gasteiger partial charge in [0.15, 0.2) is 0 Å². The Morgan fingerprint density at radius 3 is 2.23 bits per heavy atom. The molecule has 2 aromatic rings. The molecule has 0 spiro atoms. The van der Waals surface area contributed by atoms with Crippen LogP contribution < -0.4 is 4.90 Å². The largest absolute Gasteiger partial charge is 0.481 e. The zero-order valence-corrected chi connectivity index (χ0v) is 12.8. The molecule has 22 heavy (non-hydrogen) atoms. The second-order valence-electron chi connectivity index (χ2n) is 5.43. The topological polar surface area (TPSA) is 40.5 Å². The lowest BCUT2D eigenvalue weighted by Crippen LogP contribution is -2.27. The molecule has 4 heteroatoms. The second kappa shape index (κ2) is 7.07. The minimum Gasteiger partial charge on any atom is -0.481 e. The number of anilines is 1. The van der Waals surface area contributed by atoms with Crippen molar-refractivity contribution in [3.63, 3.8) is 0 Å². The van der Waals surface area contributed by atoms with Crippen molar-refractivity contribution in [2.24, 2.45) is 0 Å². The molecule has 0 aliphatic carbocycles. The predicted molar refractivity (Wildman–Crippen MR) is 85.6 cm³/mol. The molecule has 3 nitrogen and oxygen atoms in total. The molecule has 2 aromatic carbocycles. The van der Waals surface area contributed by atoms with E-state index in [2.05, 4.69) is 0 Å². The minimum absolute atomic E-state index is 0.0645. The monoisotopic (exact) mass is 301 g/mol. The number of carbonyl (C=O) groups is 1. The summed E-state index contributed by atoms with van der Waals surface area (Å²) in [6.45, 7) is 5.00. The SMILES string of the molecule is Cc1cccc(C)c1N(CCC(=O)O)Cc1ccc(F)cc1. The molecule has 0 amide bonds. The maximum atomic E-state index is 13.0. The average Bonchev–Trinajstić information content (AvgIpc) is 2.46.